The lowest BCUT2D eigenvalue weighted by Crippen LogP contribution is -2.39. The van der Waals surface area contributed by atoms with Crippen LogP contribution in [0.25, 0.3) is 0 Å². The molecular formula is C15H23NO3. The molecule has 0 amide bonds. The van der Waals surface area contributed by atoms with Gasteiger partial charge in [0.05, 0.1) is 13.2 Å². The summed E-state index contributed by atoms with van der Waals surface area (Å²) in [5.74, 6) is -0.254. The second-order valence-electron chi connectivity index (χ2n) is 4.90. The number of esters is 1. The van der Waals surface area contributed by atoms with Crippen molar-refractivity contribution < 1.29 is 14.6 Å². The van der Waals surface area contributed by atoms with E-state index in [2.05, 4.69) is 10.1 Å². The highest BCUT2D eigenvalue weighted by Gasteiger charge is 2.22. The Labute approximate surface area is 114 Å². The van der Waals surface area contributed by atoms with Crippen LogP contribution in [0.2, 0.25) is 0 Å². The average molecular weight is 265 g/mol. The number of ether oxygens (including phenoxy) is 1. The van der Waals surface area contributed by atoms with Gasteiger partial charge in [-0.05, 0) is 12.0 Å². The molecule has 1 rings (SSSR count). The van der Waals surface area contributed by atoms with E-state index in [0.717, 1.165) is 5.56 Å². The minimum absolute atomic E-state index is 0.165. The molecule has 1 aromatic rings. The van der Waals surface area contributed by atoms with Crippen molar-refractivity contribution in [3.63, 3.8) is 0 Å². The summed E-state index contributed by atoms with van der Waals surface area (Å²) >= 11 is 0. The van der Waals surface area contributed by atoms with Gasteiger partial charge in [0.15, 0.2) is 0 Å². The first kappa shape index (κ1) is 15.7. The number of carbonyl (C=O) groups excluding carboxylic acids is 1. The van der Waals surface area contributed by atoms with Gasteiger partial charge in [-0.25, -0.2) is 0 Å². The first-order valence-electron chi connectivity index (χ1n) is 6.60. The third kappa shape index (κ3) is 5.41. The summed E-state index contributed by atoms with van der Waals surface area (Å²) in [5, 5.41) is 13.7. The Kier molecular flexibility index (Phi) is 6.53. The molecule has 2 N–H and O–H groups in total. The minimum atomic E-state index is -0.631. The van der Waals surface area contributed by atoms with Gasteiger partial charge in [0, 0.05) is 18.5 Å². The molecule has 106 valence electrons. The van der Waals surface area contributed by atoms with Crippen molar-refractivity contribution >= 4 is 5.97 Å². The van der Waals surface area contributed by atoms with Crippen LogP contribution in [0, 0.1) is 0 Å². The molecule has 2 unspecified atom stereocenters. The van der Waals surface area contributed by atoms with Crippen molar-refractivity contribution in [3.05, 3.63) is 35.9 Å². The van der Waals surface area contributed by atoms with Crippen molar-refractivity contribution in [2.75, 3.05) is 7.11 Å². The maximum Gasteiger partial charge on any atom is 0.305 e. The molecule has 0 fully saturated rings. The number of nitrogens with one attached hydrogen (secondary N) is 1. The van der Waals surface area contributed by atoms with Crippen molar-refractivity contribution in [3.8, 4) is 0 Å². The highest BCUT2D eigenvalue weighted by Crippen LogP contribution is 2.20. The van der Waals surface area contributed by atoms with E-state index in [9.17, 15) is 9.90 Å². The number of rotatable bonds is 7. The molecule has 0 bridgehead atoms. The molecule has 0 saturated carbocycles. The molecule has 4 heteroatoms. The Balaban J connectivity index is 2.70. The molecule has 0 spiro atoms. The smallest absolute Gasteiger partial charge is 0.305 e. The van der Waals surface area contributed by atoms with Gasteiger partial charge in [-0.1, -0.05) is 44.2 Å². The number of hydrogen-bond acceptors (Lipinski definition) is 4. The van der Waals surface area contributed by atoms with E-state index < -0.39 is 6.10 Å². The lowest BCUT2D eigenvalue weighted by Gasteiger charge is -2.26. The molecule has 0 aromatic heterocycles. The van der Waals surface area contributed by atoms with Gasteiger partial charge in [-0.3, -0.25) is 4.79 Å². The van der Waals surface area contributed by atoms with E-state index in [-0.39, 0.29) is 18.1 Å². The van der Waals surface area contributed by atoms with Crippen molar-refractivity contribution in [1.82, 2.24) is 5.32 Å². The first-order chi connectivity index (χ1) is 9.04. The molecule has 2 atom stereocenters. The monoisotopic (exact) mass is 265 g/mol. The molecule has 1 aromatic carbocycles. The van der Waals surface area contributed by atoms with E-state index in [4.69, 9.17) is 0 Å². The first-order valence-corrected chi connectivity index (χ1v) is 6.60. The Bertz CT molecular complexity index is 378. The quantitative estimate of drug-likeness (QED) is 0.741. The fourth-order valence-electron chi connectivity index (χ4n) is 2.02. The highest BCUT2D eigenvalue weighted by atomic mass is 16.5. The van der Waals surface area contributed by atoms with Crippen LogP contribution in [0.15, 0.2) is 30.3 Å². The van der Waals surface area contributed by atoms with E-state index in [1.54, 1.807) is 0 Å². The number of benzene rings is 1. The number of hydrogen-bond donors (Lipinski definition) is 2. The zero-order chi connectivity index (χ0) is 14.3. The van der Waals surface area contributed by atoms with Crippen molar-refractivity contribution in [2.24, 2.45) is 0 Å². The standard InChI is InChI=1S/C15H23NO3/c1-11(2)16-13(9-10-14(17)19-3)15(18)12-7-5-4-6-8-12/h4-8,11,13,15-16,18H,9-10H2,1-3H3. The lowest BCUT2D eigenvalue weighted by atomic mass is 9.98. The number of aliphatic hydroxyl groups is 1. The lowest BCUT2D eigenvalue weighted by molar-refractivity contribution is -0.141. The van der Waals surface area contributed by atoms with Gasteiger partial charge < -0.3 is 15.2 Å². The fourth-order valence-corrected chi connectivity index (χ4v) is 2.02. The molecular weight excluding hydrogens is 242 g/mol. The largest absolute Gasteiger partial charge is 0.469 e. The van der Waals surface area contributed by atoms with Crippen LogP contribution < -0.4 is 5.32 Å². The van der Waals surface area contributed by atoms with E-state index in [1.165, 1.54) is 7.11 Å². The SMILES string of the molecule is COC(=O)CCC(NC(C)C)C(O)c1ccccc1. The van der Waals surface area contributed by atoms with Crippen LogP contribution in [-0.2, 0) is 9.53 Å². The van der Waals surface area contributed by atoms with Gasteiger partial charge in [0.1, 0.15) is 0 Å². The van der Waals surface area contributed by atoms with Crippen molar-refractivity contribution in [1.29, 1.82) is 0 Å². The van der Waals surface area contributed by atoms with Gasteiger partial charge in [0.25, 0.3) is 0 Å². The number of carbonyl (C=O) groups is 1. The predicted octanol–water partition coefficient (Wildman–Crippen LogP) is 2.04. The Morgan fingerprint density at radius 3 is 2.47 bits per heavy atom. The van der Waals surface area contributed by atoms with Crippen LogP contribution in [-0.4, -0.2) is 30.3 Å². The van der Waals surface area contributed by atoms with Gasteiger partial charge in [-0.2, -0.15) is 0 Å². The van der Waals surface area contributed by atoms with E-state index in [0.29, 0.717) is 12.8 Å². The summed E-state index contributed by atoms with van der Waals surface area (Å²) in [4.78, 5) is 11.2. The Morgan fingerprint density at radius 2 is 1.95 bits per heavy atom. The fraction of sp³-hybridized carbons (Fsp3) is 0.533. The second-order valence-corrected chi connectivity index (χ2v) is 4.90. The van der Waals surface area contributed by atoms with Crippen LogP contribution in [0.3, 0.4) is 0 Å². The third-order valence-corrected chi connectivity index (χ3v) is 2.96. The molecule has 19 heavy (non-hydrogen) atoms. The van der Waals surface area contributed by atoms with E-state index in [1.807, 2.05) is 44.2 Å². The van der Waals surface area contributed by atoms with Gasteiger partial charge >= 0.3 is 5.97 Å². The molecule has 0 radical (unpaired) electrons. The van der Waals surface area contributed by atoms with Gasteiger partial charge in [-0.15, -0.1) is 0 Å². The molecule has 0 aliphatic rings. The summed E-state index contributed by atoms with van der Waals surface area (Å²) in [6.45, 7) is 4.03. The van der Waals surface area contributed by atoms with Crippen LogP contribution in [0.1, 0.15) is 38.4 Å². The maximum absolute atomic E-state index is 11.2. The Hall–Kier alpha value is -1.39. The topological polar surface area (TPSA) is 58.6 Å². The predicted molar refractivity (Wildman–Crippen MR) is 74.7 cm³/mol. The molecule has 0 aliphatic heterocycles. The highest BCUT2D eigenvalue weighted by molar-refractivity contribution is 5.69. The molecule has 4 nitrogen and oxygen atoms in total. The summed E-state index contributed by atoms with van der Waals surface area (Å²) < 4.78 is 4.64. The summed E-state index contributed by atoms with van der Waals surface area (Å²) in [7, 11) is 1.38. The average Bonchev–Trinajstić information content (AvgIpc) is 2.42. The normalized spacial score (nSPS) is 14.2. The maximum atomic E-state index is 11.2. The van der Waals surface area contributed by atoms with Crippen LogP contribution in [0.4, 0.5) is 0 Å². The van der Waals surface area contributed by atoms with Crippen LogP contribution >= 0.6 is 0 Å². The Morgan fingerprint density at radius 1 is 1.32 bits per heavy atom. The zero-order valence-electron chi connectivity index (χ0n) is 11.8. The van der Waals surface area contributed by atoms with E-state index >= 15 is 0 Å². The molecule has 0 saturated heterocycles. The summed E-state index contributed by atoms with van der Waals surface area (Å²) in [6, 6.07) is 9.55. The minimum Gasteiger partial charge on any atom is -0.469 e. The molecule has 0 aliphatic carbocycles. The zero-order valence-corrected chi connectivity index (χ0v) is 11.8. The summed E-state index contributed by atoms with van der Waals surface area (Å²) in [6.07, 6.45) is 0.208. The van der Waals surface area contributed by atoms with Crippen molar-refractivity contribution in [2.45, 2.75) is 44.9 Å². The molecule has 0 heterocycles. The summed E-state index contributed by atoms with van der Waals surface area (Å²) in [5.41, 5.74) is 0.852. The second kappa shape index (κ2) is 7.92. The third-order valence-electron chi connectivity index (χ3n) is 2.96. The van der Waals surface area contributed by atoms with Crippen LogP contribution in [0.5, 0.6) is 0 Å². The number of aliphatic hydroxyl groups excluding tert-OH is 1. The number of methoxy groups -OCH3 is 1. The van der Waals surface area contributed by atoms with Gasteiger partial charge in [0.2, 0.25) is 0 Å².